The zero-order chi connectivity index (χ0) is 23.3. The summed E-state index contributed by atoms with van der Waals surface area (Å²) in [6, 6.07) is 8.29. The van der Waals surface area contributed by atoms with E-state index in [1.807, 2.05) is 12.1 Å². The number of H-pyrrole nitrogens is 1. The van der Waals surface area contributed by atoms with Gasteiger partial charge < -0.3 is 14.5 Å². The number of fused-ring (bicyclic) bond motifs is 2. The Bertz CT molecular complexity index is 1250. The molecule has 0 spiro atoms. The molecule has 2 aliphatic rings. The number of ether oxygens (including phenoxy) is 2. The summed E-state index contributed by atoms with van der Waals surface area (Å²) < 4.78 is 28.0. The predicted octanol–water partition coefficient (Wildman–Crippen LogP) is 5.71. The molecule has 1 unspecified atom stereocenters. The second kappa shape index (κ2) is 9.44. The number of piperidine rings is 1. The summed E-state index contributed by atoms with van der Waals surface area (Å²) in [4.78, 5) is 17.7. The van der Waals surface area contributed by atoms with Crippen molar-refractivity contribution in [2.75, 3.05) is 13.1 Å². The lowest BCUT2D eigenvalue weighted by Gasteiger charge is -2.37. The van der Waals surface area contributed by atoms with E-state index >= 15 is 0 Å². The number of hydrogen-bond donors (Lipinski definition) is 1. The van der Waals surface area contributed by atoms with Crippen molar-refractivity contribution in [3.63, 3.8) is 0 Å². The third kappa shape index (κ3) is 4.66. The number of aromatic nitrogens is 2. The third-order valence-electron chi connectivity index (χ3n) is 6.65. The van der Waals surface area contributed by atoms with Crippen LogP contribution in [-0.2, 0) is 6.42 Å². The van der Waals surface area contributed by atoms with Gasteiger partial charge in [-0.15, -0.1) is 12.4 Å². The SMILES string of the molecule is CCC(Oc1cc(Cl)cc2c1OC(C)(C)C2)N1CCC(n2c(=O)[nH]c3cc(F)ccc32)CC1.Cl. The van der Waals surface area contributed by atoms with E-state index in [9.17, 15) is 9.18 Å². The van der Waals surface area contributed by atoms with Gasteiger partial charge in [0, 0.05) is 42.2 Å². The third-order valence-corrected chi connectivity index (χ3v) is 6.87. The van der Waals surface area contributed by atoms with Gasteiger partial charge in [-0.3, -0.25) is 9.47 Å². The molecule has 9 heteroatoms. The summed E-state index contributed by atoms with van der Waals surface area (Å²) in [6.07, 6.45) is 3.10. The summed E-state index contributed by atoms with van der Waals surface area (Å²) in [5.41, 5.74) is 1.89. The maximum atomic E-state index is 13.6. The van der Waals surface area contributed by atoms with Gasteiger partial charge >= 0.3 is 5.69 Å². The molecule has 0 radical (unpaired) electrons. The minimum absolute atomic E-state index is 0. The van der Waals surface area contributed by atoms with Crippen LogP contribution in [0.3, 0.4) is 0 Å². The van der Waals surface area contributed by atoms with Crippen molar-refractivity contribution in [2.45, 2.75) is 64.3 Å². The number of benzene rings is 2. The lowest BCUT2D eigenvalue weighted by atomic mass is 10.0. The number of nitrogens with one attached hydrogen (secondary N) is 1. The van der Waals surface area contributed by atoms with Crippen LogP contribution >= 0.6 is 24.0 Å². The van der Waals surface area contributed by atoms with E-state index < -0.39 is 0 Å². The number of aromatic amines is 1. The smallest absolute Gasteiger partial charge is 0.326 e. The molecule has 1 N–H and O–H groups in total. The first-order valence-corrected chi connectivity index (χ1v) is 11.9. The van der Waals surface area contributed by atoms with E-state index in [2.05, 4.69) is 30.7 Å². The molecule has 0 saturated carbocycles. The molecular weight excluding hydrogens is 480 g/mol. The fourth-order valence-electron chi connectivity index (χ4n) is 5.19. The highest BCUT2D eigenvalue weighted by Gasteiger charge is 2.34. The van der Waals surface area contributed by atoms with E-state index in [1.165, 1.54) is 12.1 Å². The van der Waals surface area contributed by atoms with Crippen molar-refractivity contribution >= 4 is 35.0 Å². The second-order valence-electron chi connectivity index (χ2n) is 9.64. The Morgan fingerprint density at radius 1 is 1.26 bits per heavy atom. The molecule has 5 rings (SSSR count). The highest BCUT2D eigenvalue weighted by molar-refractivity contribution is 6.30. The van der Waals surface area contributed by atoms with Crippen molar-refractivity contribution in [2.24, 2.45) is 0 Å². The average Bonchev–Trinajstić information content (AvgIpc) is 3.25. The predicted molar refractivity (Wildman–Crippen MR) is 134 cm³/mol. The number of nitrogens with zero attached hydrogens (tertiary/aromatic N) is 2. The Hall–Kier alpha value is -2.22. The quantitative estimate of drug-likeness (QED) is 0.478. The highest BCUT2D eigenvalue weighted by atomic mass is 35.5. The maximum absolute atomic E-state index is 13.6. The van der Waals surface area contributed by atoms with E-state index in [4.69, 9.17) is 21.1 Å². The molecule has 6 nitrogen and oxygen atoms in total. The van der Waals surface area contributed by atoms with Gasteiger partial charge in [0.15, 0.2) is 17.7 Å². The van der Waals surface area contributed by atoms with Crippen LogP contribution in [0.25, 0.3) is 11.0 Å². The number of imidazole rings is 1. The van der Waals surface area contributed by atoms with Crippen molar-refractivity contribution in [1.29, 1.82) is 0 Å². The molecule has 184 valence electrons. The lowest BCUT2D eigenvalue weighted by molar-refractivity contribution is -0.00180. The van der Waals surface area contributed by atoms with Crippen molar-refractivity contribution < 1.29 is 13.9 Å². The van der Waals surface area contributed by atoms with Gasteiger partial charge in [-0.1, -0.05) is 18.5 Å². The van der Waals surface area contributed by atoms with E-state index in [-0.39, 0.29) is 41.8 Å². The standard InChI is InChI=1S/C25H29ClFN3O3.ClH/c1-4-22(32-21-12-16(26)11-15-14-25(2,3)33-23(15)21)29-9-7-18(8-10-29)30-20-6-5-17(27)13-19(20)28-24(30)31;/h5-6,11-13,18,22H,4,7-10,14H2,1-3H3,(H,28,31);1H. The van der Waals surface area contributed by atoms with Gasteiger partial charge in [0.1, 0.15) is 11.4 Å². The highest BCUT2D eigenvalue weighted by Crippen LogP contribution is 2.44. The van der Waals surface area contributed by atoms with E-state index in [0.29, 0.717) is 16.3 Å². The fraction of sp³-hybridized carbons (Fsp3) is 0.480. The summed E-state index contributed by atoms with van der Waals surface area (Å²) in [5, 5.41) is 0.647. The Morgan fingerprint density at radius 2 is 2.00 bits per heavy atom. The molecule has 1 atom stereocenters. The molecule has 0 aliphatic carbocycles. The minimum Gasteiger partial charge on any atom is -0.483 e. The van der Waals surface area contributed by atoms with Crippen LogP contribution in [0.1, 0.15) is 51.6 Å². The van der Waals surface area contributed by atoms with Gasteiger partial charge in [-0.2, -0.15) is 0 Å². The number of hydrogen-bond acceptors (Lipinski definition) is 4. The topological polar surface area (TPSA) is 59.5 Å². The van der Waals surface area contributed by atoms with Crippen LogP contribution in [0.4, 0.5) is 4.39 Å². The summed E-state index contributed by atoms with van der Waals surface area (Å²) in [6.45, 7) is 7.81. The Balaban J connectivity index is 0.00000274. The first-order valence-electron chi connectivity index (χ1n) is 11.6. The largest absolute Gasteiger partial charge is 0.483 e. The van der Waals surface area contributed by atoms with Crippen LogP contribution < -0.4 is 15.2 Å². The summed E-state index contributed by atoms with van der Waals surface area (Å²) >= 11 is 6.37. The van der Waals surface area contributed by atoms with Crippen molar-refractivity contribution in [3.05, 3.63) is 57.2 Å². The van der Waals surface area contributed by atoms with E-state index in [0.717, 1.165) is 55.6 Å². The molecule has 2 aromatic carbocycles. The Kier molecular flexibility index (Phi) is 6.91. The zero-order valence-corrected chi connectivity index (χ0v) is 21.1. The molecular formula is C25H30Cl2FN3O3. The van der Waals surface area contributed by atoms with Crippen LogP contribution in [0.5, 0.6) is 11.5 Å². The van der Waals surface area contributed by atoms with Crippen molar-refractivity contribution in [3.8, 4) is 11.5 Å². The first-order chi connectivity index (χ1) is 15.7. The molecule has 1 fully saturated rings. The molecule has 3 heterocycles. The maximum Gasteiger partial charge on any atom is 0.326 e. The molecule has 1 saturated heterocycles. The second-order valence-corrected chi connectivity index (χ2v) is 10.1. The Labute approximate surface area is 209 Å². The average molecular weight is 510 g/mol. The summed E-state index contributed by atoms with van der Waals surface area (Å²) in [7, 11) is 0. The number of halogens is 3. The molecule has 2 aliphatic heterocycles. The Morgan fingerprint density at radius 3 is 2.71 bits per heavy atom. The number of likely N-dealkylation sites (tertiary alicyclic amines) is 1. The van der Waals surface area contributed by atoms with Gasteiger partial charge in [0.25, 0.3) is 0 Å². The molecule has 1 aromatic heterocycles. The monoisotopic (exact) mass is 509 g/mol. The molecule has 3 aromatic rings. The normalized spacial score (nSPS) is 18.9. The molecule has 0 amide bonds. The zero-order valence-electron chi connectivity index (χ0n) is 19.6. The molecule has 34 heavy (non-hydrogen) atoms. The molecule has 0 bridgehead atoms. The van der Waals surface area contributed by atoms with E-state index in [1.54, 1.807) is 10.6 Å². The van der Waals surface area contributed by atoms with Gasteiger partial charge in [0.05, 0.1) is 11.0 Å². The van der Waals surface area contributed by atoms with Gasteiger partial charge in [0.2, 0.25) is 0 Å². The van der Waals surface area contributed by atoms with Crippen LogP contribution in [0, 0.1) is 5.82 Å². The summed E-state index contributed by atoms with van der Waals surface area (Å²) in [5.74, 6) is 1.12. The van der Waals surface area contributed by atoms with Crippen molar-refractivity contribution in [1.82, 2.24) is 14.5 Å². The van der Waals surface area contributed by atoms with Gasteiger partial charge in [-0.05, 0) is 57.4 Å². The fourth-order valence-corrected chi connectivity index (χ4v) is 5.42. The minimum atomic E-state index is -0.353. The van der Waals surface area contributed by atoms with Crippen LogP contribution in [0.2, 0.25) is 5.02 Å². The number of rotatable bonds is 5. The van der Waals surface area contributed by atoms with Crippen LogP contribution in [0.15, 0.2) is 35.1 Å². The first kappa shape index (κ1) is 24.9. The van der Waals surface area contributed by atoms with Gasteiger partial charge in [-0.25, -0.2) is 9.18 Å². The lowest BCUT2D eigenvalue weighted by Crippen LogP contribution is -2.45. The van der Waals surface area contributed by atoms with Crippen LogP contribution in [-0.4, -0.2) is 39.4 Å².